The van der Waals surface area contributed by atoms with Crippen LogP contribution in [0.3, 0.4) is 0 Å². The van der Waals surface area contributed by atoms with Gasteiger partial charge in [-0.25, -0.2) is 4.99 Å². The van der Waals surface area contributed by atoms with Gasteiger partial charge < -0.3 is 20.2 Å². The van der Waals surface area contributed by atoms with Crippen molar-refractivity contribution in [1.29, 1.82) is 0 Å². The average molecular weight is 295 g/mol. The highest BCUT2D eigenvalue weighted by Gasteiger charge is 2.25. The number of hydrogen-bond donors (Lipinski definition) is 3. The van der Waals surface area contributed by atoms with E-state index in [1.807, 2.05) is 6.92 Å². The first-order valence-electron chi connectivity index (χ1n) is 7.88. The Morgan fingerprint density at radius 3 is 2.71 bits per heavy atom. The molecule has 1 heterocycles. The molecule has 21 heavy (non-hydrogen) atoms. The van der Waals surface area contributed by atoms with Gasteiger partial charge in [0.25, 0.3) is 0 Å². The lowest BCUT2D eigenvalue weighted by atomic mass is 10.0. The third kappa shape index (κ3) is 6.67. The molecule has 1 atom stereocenters. The zero-order valence-electron chi connectivity index (χ0n) is 13.5. The minimum Gasteiger partial charge on any atom is -0.466 e. The van der Waals surface area contributed by atoms with E-state index in [0.717, 1.165) is 25.5 Å². The Balaban J connectivity index is 2.47. The number of furan rings is 1. The Kier molecular flexibility index (Phi) is 7.90. The predicted molar refractivity (Wildman–Crippen MR) is 86.4 cm³/mol. The van der Waals surface area contributed by atoms with Crippen LogP contribution in [0, 0.1) is 0 Å². The van der Waals surface area contributed by atoms with Crippen LogP contribution in [0.25, 0.3) is 0 Å². The zero-order chi connectivity index (χ0) is 15.6. The molecule has 0 radical (unpaired) electrons. The molecule has 1 rings (SSSR count). The van der Waals surface area contributed by atoms with Crippen molar-refractivity contribution in [3.05, 3.63) is 24.2 Å². The summed E-state index contributed by atoms with van der Waals surface area (Å²) in [4.78, 5) is 4.44. The van der Waals surface area contributed by atoms with E-state index in [9.17, 15) is 5.11 Å². The van der Waals surface area contributed by atoms with E-state index in [-0.39, 0.29) is 6.54 Å². The first-order valence-corrected chi connectivity index (χ1v) is 7.88. The molecule has 0 amide bonds. The van der Waals surface area contributed by atoms with Crippen molar-refractivity contribution in [3.8, 4) is 0 Å². The fourth-order valence-electron chi connectivity index (χ4n) is 2.00. The van der Waals surface area contributed by atoms with Gasteiger partial charge in [-0.1, -0.05) is 26.2 Å². The summed E-state index contributed by atoms with van der Waals surface area (Å²) in [5.41, 5.74) is -1.09. The van der Waals surface area contributed by atoms with Crippen LogP contribution in [0.1, 0.15) is 52.2 Å². The summed E-state index contributed by atoms with van der Waals surface area (Å²) < 4.78 is 5.26. The molecule has 1 unspecified atom stereocenters. The summed E-state index contributed by atoms with van der Waals surface area (Å²) in [6.45, 7) is 7.89. The number of rotatable bonds is 9. The van der Waals surface area contributed by atoms with Crippen molar-refractivity contribution in [1.82, 2.24) is 10.6 Å². The lowest BCUT2D eigenvalue weighted by Crippen LogP contribution is -2.39. The van der Waals surface area contributed by atoms with Crippen LogP contribution in [-0.2, 0) is 5.60 Å². The van der Waals surface area contributed by atoms with Gasteiger partial charge in [-0.15, -0.1) is 0 Å². The third-order valence-corrected chi connectivity index (χ3v) is 3.26. The Hall–Kier alpha value is -1.49. The first-order chi connectivity index (χ1) is 10.1. The van der Waals surface area contributed by atoms with Crippen LogP contribution in [-0.4, -0.2) is 30.7 Å². The number of nitrogens with one attached hydrogen (secondary N) is 2. The molecule has 0 bridgehead atoms. The van der Waals surface area contributed by atoms with Crippen LogP contribution in [0.2, 0.25) is 0 Å². The minimum atomic E-state index is -1.09. The van der Waals surface area contributed by atoms with E-state index < -0.39 is 5.60 Å². The van der Waals surface area contributed by atoms with E-state index in [1.54, 1.807) is 25.3 Å². The quantitative estimate of drug-likeness (QED) is 0.372. The SMILES string of the molecule is CCCCCCNC(=NCC(C)(O)c1ccco1)NCC. The van der Waals surface area contributed by atoms with E-state index in [0.29, 0.717) is 5.76 Å². The van der Waals surface area contributed by atoms with Gasteiger partial charge in [0.1, 0.15) is 11.4 Å². The molecule has 0 aliphatic carbocycles. The van der Waals surface area contributed by atoms with Gasteiger partial charge in [-0.2, -0.15) is 0 Å². The lowest BCUT2D eigenvalue weighted by molar-refractivity contribution is 0.0437. The molecule has 0 aromatic carbocycles. The highest BCUT2D eigenvalue weighted by atomic mass is 16.4. The van der Waals surface area contributed by atoms with Crippen LogP contribution in [0.4, 0.5) is 0 Å². The Morgan fingerprint density at radius 2 is 2.10 bits per heavy atom. The molecular weight excluding hydrogens is 266 g/mol. The fraction of sp³-hybridized carbons (Fsp3) is 0.688. The third-order valence-electron chi connectivity index (χ3n) is 3.26. The second kappa shape index (κ2) is 9.45. The maximum Gasteiger partial charge on any atom is 0.191 e. The molecule has 0 saturated heterocycles. The summed E-state index contributed by atoms with van der Waals surface area (Å²) >= 11 is 0. The van der Waals surface area contributed by atoms with Gasteiger partial charge in [-0.3, -0.25) is 0 Å². The number of aliphatic imine (C=N–C) groups is 1. The largest absolute Gasteiger partial charge is 0.466 e. The van der Waals surface area contributed by atoms with Crippen molar-refractivity contribution in [2.75, 3.05) is 19.6 Å². The van der Waals surface area contributed by atoms with Gasteiger partial charge in [0.05, 0.1) is 12.8 Å². The summed E-state index contributed by atoms with van der Waals surface area (Å²) in [5.74, 6) is 1.27. The maximum atomic E-state index is 10.4. The maximum absolute atomic E-state index is 10.4. The van der Waals surface area contributed by atoms with E-state index >= 15 is 0 Å². The summed E-state index contributed by atoms with van der Waals surface area (Å²) in [6.07, 6.45) is 6.42. The topological polar surface area (TPSA) is 69.8 Å². The second-order valence-electron chi connectivity index (χ2n) is 5.43. The summed E-state index contributed by atoms with van der Waals surface area (Å²) in [5, 5.41) is 16.9. The van der Waals surface area contributed by atoms with Gasteiger partial charge in [-0.05, 0) is 32.4 Å². The van der Waals surface area contributed by atoms with Crippen molar-refractivity contribution < 1.29 is 9.52 Å². The van der Waals surface area contributed by atoms with E-state index in [4.69, 9.17) is 4.42 Å². The highest BCUT2D eigenvalue weighted by molar-refractivity contribution is 5.79. The van der Waals surface area contributed by atoms with Crippen molar-refractivity contribution in [2.24, 2.45) is 4.99 Å². The molecule has 1 aromatic heterocycles. The number of hydrogen-bond acceptors (Lipinski definition) is 3. The van der Waals surface area contributed by atoms with Gasteiger partial charge in [0.15, 0.2) is 5.96 Å². The molecule has 120 valence electrons. The molecule has 0 fully saturated rings. The van der Waals surface area contributed by atoms with E-state index in [1.165, 1.54) is 19.3 Å². The molecule has 0 aliphatic heterocycles. The summed E-state index contributed by atoms with van der Waals surface area (Å²) in [7, 11) is 0. The molecule has 5 heteroatoms. The highest BCUT2D eigenvalue weighted by Crippen LogP contribution is 2.20. The van der Waals surface area contributed by atoms with Crippen molar-refractivity contribution >= 4 is 5.96 Å². The predicted octanol–water partition coefficient (Wildman–Crippen LogP) is 2.62. The normalized spacial score (nSPS) is 14.8. The van der Waals surface area contributed by atoms with Crippen molar-refractivity contribution in [2.45, 2.75) is 52.1 Å². The minimum absolute atomic E-state index is 0.255. The number of nitrogens with zero attached hydrogens (tertiary/aromatic N) is 1. The van der Waals surface area contributed by atoms with Crippen LogP contribution < -0.4 is 10.6 Å². The Morgan fingerprint density at radius 1 is 1.29 bits per heavy atom. The Bertz CT molecular complexity index is 400. The van der Waals surface area contributed by atoms with Crippen LogP contribution in [0.5, 0.6) is 0 Å². The fourth-order valence-corrected chi connectivity index (χ4v) is 2.00. The zero-order valence-corrected chi connectivity index (χ0v) is 13.5. The van der Waals surface area contributed by atoms with Crippen LogP contribution >= 0.6 is 0 Å². The first kappa shape index (κ1) is 17.6. The second-order valence-corrected chi connectivity index (χ2v) is 5.43. The van der Waals surface area contributed by atoms with Crippen LogP contribution in [0.15, 0.2) is 27.8 Å². The molecule has 0 spiro atoms. The molecular formula is C16H29N3O2. The van der Waals surface area contributed by atoms with Gasteiger partial charge >= 0.3 is 0 Å². The van der Waals surface area contributed by atoms with E-state index in [2.05, 4.69) is 22.5 Å². The Labute approximate surface area is 127 Å². The standard InChI is InChI=1S/C16H29N3O2/c1-4-6-7-8-11-18-15(17-5-2)19-13-16(3,20)14-10-9-12-21-14/h9-10,12,20H,4-8,11,13H2,1-3H3,(H2,17,18,19). The summed E-state index contributed by atoms with van der Waals surface area (Å²) in [6, 6.07) is 3.53. The smallest absolute Gasteiger partial charge is 0.191 e. The molecule has 0 saturated carbocycles. The lowest BCUT2D eigenvalue weighted by Gasteiger charge is -2.19. The van der Waals surface area contributed by atoms with Gasteiger partial charge in [0.2, 0.25) is 0 Å². The number of unbranched alkanes of at least 4 members (excludes halogenated alkanes) is 3. The molecule has 0 aliphatic rings. The molecule has 5 nitrogen and oxygen atoms in total. The number of aliphatic hydroxyl groups is 1. The van der Waals surface area contributed by atoms with Gasteiger partial charge in [0, 0.05) is 13.1 Å². The van der Waals surface area contributed by atoms with Crippen molar-refractivity contribution in [3.63, 3.8) is 0 Å². The molecule has 3 N–H and O–H groups in total. The average Bonchev–Trinajstić information content (AvgIpc) is 2.99. The molecule has 1 aromatic rings. The number of guanidine groups is 1. The monoisotopic (exact) mass is 295 g/mol.